The van der Waals surface area contributed by atoms with Crippen molar-refractivity contribution < 1.29 is 23.4 Å². The molecule has 0 bridgehead atoms. The molecule has 2 aromatic rings. The number of rotatable bonds is 12. The number of aliphatic hydroxyl groups is 2. The Morgan fingerprint density at radius 3 is 2.41 bits per heavy atom. The first-order valence-electron chi connectivity index (χ1n) is 13.9. The van der Waals surface area contributed by atoms with E-state index in [-0.39, 0.29) is 30.1 Å². The zero-order chi connectivity index (χ0) is 28.2. The summed E-state index contributed by atoms with van der Waals surface area (Å²) in [6.45, 7) is 8.96. The fourth-order valence-corrected chi connectivity index (χ4v) is 6.85. The summed E-state index contributed by atoms with van der Waals surface area (Å²) in [7, 11) is -3.77. The molecule has 0 radical (unpaired) electrons. The average Bonchev–Trinajstić information content (AvgIpc) is 3.39. The van der Waals surface area contributed by atoms with Gasteiger partial charge in [-0.2, -0.15) is 4.31 Å². The van der Waals surface area contributed by atoms with Gasteiger partial charge in [-0.3, -0.25) is 14.7 Å². The Hall–Kier alpha value is -2.57. The van der Waals surface area contributed by atoms with Crippen LogP contribution in [0.3, 0.4) is 0 Å². The Balaban J connectivity index is 1.77. The van der Waals surface area contributed by atoms with Gasteiger partial charge in [-0.15, -0.1) is 0 Å². The monoisotopic (exact) mass is 560 g/mol. The number of nitrogens with zero attached hydrogens (tertiary/aromatic N) is 4. The molecular formula is C28H40N4O6S. The number of aliphatic imine (C=N–C) groups is 1. The Labute approximate surface area is 230 Å². The molecule has 1 saturated heterocycles. The lowest BCUT2D eigenvalue weighted by Gasteiger charge is -2.33. The minimum absolute atomic E-state index is 0.0446. The van der Waals surface area contributed by atoms with E-state index in [1.165, 1.54) is 4.31 Å². The van der Waals surface area contributed by atoms with Crippen molar-refractivity contribution in [3.05, 3.63) is 50.9 Å². The zero-order valence-electron chi connectivity index (χ0n) is 23.1. The number of fused-ring (bicyclic) bond motifs is 1. The molecule has 1 aromatic heterocycles. The molecule has 11 heteroatoms. The topological polar surface area (TPSA) is 125 Å². The van der Waals surface area contributed by atoms with Crippen LogP contribution in [0.25, 0.3) is 0 Å². The predicted molar refractivity (Wildman–Crippen MR) is 151 cm³/mol. The summed E-state index contributed by atoms with van der Waals surface area (Å²) in [4.78, 5) is 20.5. The van der Waals surface area contributed by atoms with Crippen molar-refractivity contribution >= 4 is 21.4 Å². The molecule has 214 valence electrons. The van der Waals surface area contributed by atoms with Gasteiger partial charge in [0.05, 0.1) is 41.8 Å². The van der Waals surface area contributed by atoms with E-state index in [9.17, 15) is 23.4 Å². The first-order chi connectivity index (χ1) is 18.8. The number of aromatic nitrogens is 1. The number of aliphatic hydroxyl groups excluding tert-OH is 2. The number of sulfonamides is 1. The molecule has 3 heterocycles. The lowest BCUT2D eigenvalue weighted by atomic mass is 10.00. The van der Waals surface area contributed by atoms with Crippen LogP contribution in [0.15, 0.2) is 32.9 Å². The number of pyridine rings is 1. The molecule has 0 amide bonds. The molecule has 0 unspecified atom stereocenters. The van der Waals surface area contributed by atoms with E-state index in [4.69, 9.17) is 9.73 Å². The molecule has 0 saturated carbocycles. The van der Waals surface area contributed by atoms with Gasteiger partial charge in [-0.1, -0.05) is 20.3 Å². The highest BCUT2D eigenvalue weighted by molar-refractivity contribution is 7.89. The van der Waals surface area contributed by atoms with Gasteiger partial charge >= 0.3 is 0 Å². The molecule has 2 N–H and O–H groups in total. The molecule has 39 heavy (non-hydrogen) atoms. The van der Waals surface area contributed by atoms with Crippen LogP contribution in [0.1, 0.15) is 56.0 Å². The van der Waals surface area contributed by atoms with E-state index in [1.54, 1.807) is 22.8 Å². The Kier molecular flexibility index (Phi) is 9.60. The van der Waals surface area contributed by atoms with Crippen LogP contribution in [-0.4, -0.2) is 84.1 Å². The van der Waals surface area contributed by atoms with Gasteiger partial charge in [0.15, 0.2) is 0 Å². The second-order valence-electron chi connectivity index (χ2n) is 9.92. The molecule has 2 aliphatic rings. The quantitative estimate of drug-likeness (QED) is 0.407. The fraction of sp³-hybridized carbons (Fsp3) is 0.571. The summed E-state index contributed by atoms with van der Waals surface area (Å²) >= 11 is 0. The third-order valence-corrected chi connectivity index (χ3v) is 9.31. The molecule has 1 aromatic carbocycles. The highest BCUT2D eigenvalue weighted by Gasteiger charge is 2.32. The first kappa shape index (κ1) is 29.4. The number of β-amino-alcohol motifs (C(OH)–C–C–N with tert-alkyl or cyclic N) is 1. The maximum absolute atomic E-state index is 13.6. The molecule has 1 fully saturated rings. The highest BCUT2D eigenvalue weighted by Crippen LogP contribution is 2.36. The molecule has 0 aliphatic carbocycles. The predicted octanol–water partition coefficient (Wildman–Crippen LogP) is 2.08. The van der Waals surface area contributed by atoms with Crippen molar-refractivity contribution in [3.63, 3.8) is 0 Å². The second-order valence-corrected chi connectivity index (χ2v) is 11.9. The molecular weight excluding hydrogens is 520 g/mol. The van der Waals surface area contributed by atoms with E-state index >= 15 is 0 Å². The fourth-order valence-electron chi connectivity index (χ4n) is 5.41. The van der Waals surface area contributed by atoms with Crippen molar-refractivity contribution in [1.82, 2.24) is 13.8 Å². The lowest BCUT2D eigenvalue weighted by molar-refractivity contribution is 0.151. The van der Waals surface area contributed by atoms with Crippen LogP contribution in [0, 0.1) is 0 Å². The van der Waals surface area contributed by atoms with Crippen LogP contribution in [-0.2, 0) is 36.0 Å². The molecule has 2 aliphatic heterocycles. The van der Waals surface area contributed by atoms with Crippen LogP contribution >= 0.6 is 0 Å². The third kappa shape index (κ3) is 5.83. The van der Waals surface area contributed by atoms with Gasteiger partial charge in [0.25, 0.3) is 5.56 Å². The van der Waals surface area contributed by atoms with Crippen LogP contribution in [0.2, 0.25) is 0 Å². The van der Waals surface area contributed by atoms with Gasteiger partial charge in [0.1, 0.15) is 5.75 Å². The SMILES string of the molecule is CCCOc1ccc(S(=O)(=O)N2CCN(CCO)CC2)cc1C1=Nc2c(CCC)c(CO)n(CC)c(=O)c2C1. The third-order valence-electron chi connectivity index (χ3n) is 7.42. The van der Waals surface area contributed by atoms with Crippen molar-refractivity contribution in [3.8, 4) is 5.75 Å². The molecule has 0 atom stereocenters. The van der Waals surface area contributed by atoms with Gasteiger partial charge in [0.2, 0.25) is 10.0 Å². The summed E-state index contributed by atoms with van der Waals surface area (Å²) in [5.41, 5.74) is 3.61. The van der Waals surface area contributed by atoms with Gasteiger partial charge in [-0.25, -0.2) is 8.42 Å². The van der Waals surface area contributed by atoms with Crippen LogP contribution < -0.4 is 10.3 Å². The van der Waals surface area contributed by atoms with E-state index in [0.29, 0.717) is 86.3 Å². The van der Waals surface area contributed by atoms with Gasteiger partial charge < -0.3 is 19.5 Å². The number of piperazine rings is 1. The van der Waals surface area contributed by atoms with Crippen LogP contribution in [0.4, 0.5) is 5.69 Å². The van der Waals surface area contributed by atoms with Crippen LogP contribution in [0.5, 0.6) is 5.75 Å². The summed E-state index contributed by atoms with van der Waals surface area (Å²) in [6, 6.07) is 4.88. The van der Waals surface area contributed by atoms with E-state index in [1.807, 2.05) is 25.7 Å². The minimum Gasteiger partial charge on any atom is -0.493 e. The Bertz CT molecular complexity index is 1380. The second kappa shape index (κ2) is 12.7. The molecule has 10 nitrogen and oxygen atoms in total. The maximum atomic E-state index is 13.6. The minimum atomic E-state index is -3.77. The van der Waals surface area contributed by atoms with Crippen molar-refractivity contribution in [2.45, 2.75) is 64.5 Å². The van der Waals surface area contributed by atoms with E-state index in [2.05, 4.69) is 0 Å². The van der Waals surface area contributed by atoms with Crippen molar-refractivity contribution in [1.29, 1.82) is 0 Å². The van der Waals surface area contributed by atoms with Crippen molar-refractivity contribution in [2.75, 3.05) is 45.9 Å². The van der Waals surface area contributed by atoms with E-state index < -0.39 is 10.0 Å². The smallest absolute Gasteiger partial charge is 0.256 e. The lowest BCUT2D eigenvalue weighted by Crippen LogP contribution is -2.49. The summed E-state index contributed by atoms with van der Waals surface area (Å²) in [5, 5.41) is 19.3. The summed E-state index contributed by atoms with van der Waals surface area (Å²) in [6.07, 6.45) is 2.55. The van der Waals surface area contributed by atoms with Gasteiger partial charge in [0, 0.05) is 62.4 Å². The molecule has 4 rings (SSSR count). The Morgan fingerprint density at radius 2 is 1.79 bits per heavy atom. The number of benzene rings is 1. The first-order valence-corrected chi connectivity index (χ1v) is 15.3. The normalized spacial score (nSPS) is 16.4. The number of ether oxygens (including phenoxy) is 1. The summed E-state index contributed by atoms with van der Waals surface area (Å²) < 4.78 is 36.3. The number of hydrogen-bond donors (Lipinski definition) is 2. The Morgan fingerprint density at radius 1 is 1.05 bits per heavy atom. The molecule has 0 spiro atoms. The highest BCUT2D eigenvalue weighted by atomic mass is 32.2. The van der Waals surface area contributed by atoms with Crippen molar-refractivity contribution in [2.24, 2.45) is 4.99 Å². The van der Waals surface area contributed by atoms with E-state index in [0.717, 1.165) is 18.4 Å². The largest absolute Gasteiger partial charge is 0.493 e. The standard InChI is InChI=1S/C28H40N4O6S/c1-4-7-21-25(19-34)32(6-3)28(35)23-18-24(29-27(21)23)22-17-20(8-9-26(22)38-16-5-2)39(36,37)31-12-10-30(11-13-31)14-15-33/h8-9,17,33-34H,4-7,10-16,18-19H2,1-3H3. The van der Waals surface area contributed by atoms with Gasteiger partial charge in [-0.05, 0) is 38.0 Å². The average molecular weight is 561 g/mol. The zero-order valence-corrected chi connectivity index (χ0v) is 24.0. The summed E-state index contributed by atoms with van der Waals surface area (Å²) in [5.74, 6) is 0.533. The maximum Gasteiger partial charge on any atom is 0.256 e. The number of hydrogen-bond acceptors (Lipinski definition) is 8.